The van der Waals surface area contributed by atoms with Gasteiger partial charge in [-0.1, -0.05) is 18.2 Å². The maximum atomic E-state index is 12.6. The number of hydrogen-bond donors (Lipinski definition) is 0. The molecule has 26 heavy (non-hydrogen) atoms. The number of carbonyl (C=O) groups excluding carboxylic acids is 2. The van der Waals surface area contributed by atoms with E-state index in [1.54, 1.807) is 21.9 Å². The molecule has 4 rings (SSSR count). The second kappa shape index (κ2) is 6.83. The Hall–Kier alpha value is -3.42. The van der Waals surface area contributed by atoms with Gasteiger partial charge in [0.15, 0.2) is 5.76 Å². The van der Waals surface area contributed by atoms with Crippen LogP contribution < -0.4 is 0 Å². The Morgan fingerprint density at radius 2 is 1.54 bits per heavy atom. The van der Waals surface area contributed by atoms with Crippen molar-refractivity contribution in [2.75, 3.05) is 26.2 Å². The fourth-order valence-electron chi connectivity index (χ4n) is 2.81. The van der Waals surface area contributed by atoms with Crippen LogP contribution >= 0.6 is 0 Å². The number of piperazine rings is 1. The minimum absolute atomic E-state index is 0.0466. The minimum atomic E-state index is -0.329. The first-order valence-electron chi connectivity index (χ1n) is 8.23. The molecular formula is C18H16N4O4. The molecule has 3 aromatic rings. The summed E-state index contributed by atoms with van der Waals surface area (Å²) in [5.41, 5.74) is 0.757. The normalized spacial score (nSPS) is 14.5. The summed E-state index contributed by atoms with van der Waals surface area (Å²) in [7, 11) is 0. The Kier molecular flexibility index (Phi) is 4.22. The molecule has 132 valence electrons. The van der Waals surface area contributed by atoms with Gasteiger partial charge in [0, 0.05) is 31.7 Å². The molecule has 0 aliphatic carbocycles. The molecule has 0 unspecified atom stereocenters. The van der Waals surface area contributed by atoms with E-state index in [-0.39, 0.29) is 17.7 Å². The monoisotopic (exact) mass is 352 g/mol. The molecule has 1 aliphatic heterocycles. The van der Waals surface area contributed by atoms with Crippen LogP contribution in [0.5, 0.6) is 0 Å². The van der Waals surface area contributed by atoms with Crippen LogP contribution in [0, 0.1) is 0 Å². The Labute approximate surface area is 149 Å². The van der Waals surface area contributed by atoms with E-state index in [1.807, 2.05) is 30.3 Å². The first-order valence-corrected chi connectivity index (χ1v) is 8.23. The van der Waals surface area contributed by atoms with Crippen molar-refractivity contribution in [2.24, 2.45) is 0 Å². The van der Waals surface area contributed by atoms with Crippen molar-refractivity contribution in [1.82, 2.24) is 20.0 Å². The second-order valence-corrected chi connectivity index (χ2v) is 5.84. The molecule has 0 bridgehead atoms. The Balaban J connectivity index is 1.40. The van der Waals surface area contributed by atoms with Crippen molar-refractivity contribution in [3.63, 3.8) is 0 Å². The predicted octanol–water partition coefficient (Wildman–Crippen LogP) is 1.93. The third-order valence-corrected chi connectivity index (χ3v) is 4.21. The maximum absolute atomic E-state index is 12.6. The summed E-state index contributed by atoms with van der Waals surface area (Å²) in [6, 6.07) is 12.6. The third-order valence-electron chi connectivity index (χ3n) is 4.21. The van der Waals surface area contributed by atoms with E-state index in [9.17, 15) is 9.59 Å². The lowest BCUT2D eigenvalue weighted by Gasteiger charge is -2.33. The van der Waals surface area contributed by atoms with E-state index in [4.69, 9.17) is 8.83 Å². The van der Waals surface area contributed by atoms with Gasteiger partial charge in [-0.15, -0.1) is 10.2 Å². The van der Waals surface area contributed by atoms with Gasteiger partial charge in [0.1, 0.15) is 0 Å². The van der Waals surface area contributed by atoms with Gasteiger partial charge in [-0.2, -0.15) is 0 Å². The number of amides is 2. The van der Waals surface area contributed by atoms with Crippen molar-refractivity contribution in [2.45, 2.75) is 0 Å². The number of carbonyl (C=O) groups is 2. The Morgan fingerprint density at radius 3 is 2.19 bits per heavy atom. The van der Waals surface area contributed by atoms with Crippen molar-refractivity contribution in [1.29, 1.82) is 0 Å². The largest absolute Gasteiger partial charge is 0.459 e. The molecule has 1 aliphatic rings. The van der Waals surface area contributed by atoms with Crippen molar-refractivity contribution in [3.8, 4) is 11.5 Å². The highest BCUT2D eigenvalue weighted by Crippen LogP contribution is 2.18. The zero-order chi connectivity index (χ0) is 17.9. The summed E-state index contributed by atoms with van der Waals surface area (Å²) in [6.07, 6.45) is 1.47. The SMILES string of the molecule is O=C(c1ccco1)N1CCN(C(=O)c2nnc(-c3ccccc3)o2)CC1. The highest BCUT2D eigenvalue weighted by atomic mass is 16.4. The Bertz CT molecular complexity index is 896. The van der Waals surface area contributed by atoms with E-state index in [0.29, 0.717) is 37.8 Å². The van der Waals surface area contributed by atoms with Crippen molar-refractivity contribution < 1.29 is 18.4 Å². The van der Waals surface area contributed by atoms with Crippen LogP contribution in [0.25, 0.3) is 11.5 Å². The molecule has 3 heterocycles. The fourth-order valence-corrected chi connectivity index (χ4v) is 2.81. The average molecular weight is 352 g/mol. The van der Waals surface area contributed by atoms with Gasteiger partial charge in [-0.05, 0) is 24.3 Å². The van der Waals surface area contributed by atoms with E-state index in [2.05, 4.69) is 10.2 Å². The van der Waals surface area contributed by atoms with Gasteiger partial charge in [0.05, 0.1) is 6.26 Å². The molecule has 1 fully saturated rings. The van der Waals surface area contributed by atoms with E-state index in [0.717, 1.165) is 5.56 Å². The molecule has 0 N–H and O–H groups in total. The first kappa shape index (κ1) is 16.1. The van der Waals surface area contributed by atoms with Crippen LogP contribution in [-0.2, 0) is 0 Å². The molecule has 0 spiro atoms. The number of benzene rings is 1. The van der Waals surface area contributed by atoms with Crippen LogP contribution in [0.3, 0.4) is 0 Å². The first-order chi connectivity index (χ1) is 12.7. The van der Waals surface area contributed by atoms with Gasteiger partial charge in [-0.3, -0.25) is 9.59 Å². The topological polar surface area (TPSA) is 92.7 Å². The molecular weight excluding hydrogens is 336 g/mol. The number of aromatic nitrogens is 2. The lowest BCUT2D eigenvalue weighted by Crippen LogP contribution is -2.50. The zero-order valence-corrected chi connectivity index (χ0v) is 13.9. The van der Waals surface area contributed by atoms with Crippen LogP contribution in [0.15, 0.2) is 57.6 Å². The van der Waals surface area contributed by atoms with Crippen LogP contribution in [-0.4, -0.2) is 58.0 Å². The molecule has 1 saturated heterocycles. The van der Waals surface area contributed by atoms with E-state index < -0.39 is 0 Å². The van der Waals surface area contributed by atoms with E-state index in [1.165, 1.54) is 6.26 Å². The summed E-state index contributed by atoms with van der Waals surface area (Å²) in [6.45, 7) is 1.64. The Morgan fingerprint density at radius 1 is 0.846 bits per heavy atom. The fraction of sp³-hybridized carbons (Fsp3) is 0.222. The number of rotatable bonds is 3. The highest BCUT2D eigenvalue weighted by molar-refractivity contribution is 5.92. The lowest BCUT2D eigenvalue weighted by molar-refractivity contribution is 0.0498. The molecule has 1 aromatic carbocycles. The molecule has 0 atom stereocenters. The third kappa shape index (κ3) is 3.08. The summed E-state index contributed by atoms with van der Waals surface area (Å²) >= 11 is 0. The summed E-state index contributed by atoms with van der Waals surface area (Å²) in [5, 5.41) is 7.80. The minimum Gasteiger partial charge on any atom is -0.459 e. The average Bonchev–Trinajstić information content (AvgIpc) is 3.40. The number of nitrogens with zero attached hydrogens (tertiary/aromatic N) is 4. The molecule has 8 heteroatoms. The van der Waals surface area contributed by atoms with Crippen LogP contribution in [0.1, 0.15) is 21.2 Å². The summed E-state index contributed by atoms with van der Waals surface area (Å²) in [4.78, 5) is 28.1. The lowest BCUT2D eigenvalue weighted by atomic mass is 10.2. The van der Waals surface area contributed by atoms with Gasteiger partial charge >= 0.3 is 11.8 Å². The number of furan rings is 1. The van der Waals surface area contributed by atoms with Gasteiger partial charge in [0.2, 0.25) is 5.89 Å². The highest BCUT2D eigenvalue weighted by Gasteiger charge is 2.29. The maximum Gasteiger partial charge on any atom is 0.311 e. The standard InChI is InChI=1S/C18H16N4O4/c23-17(14-7-4-12-25-14)21-8-10-22(11-9-21)18(24)16-20-19-15(26-16)13-5-2-1-3-6-13/h1-7,12H,8-11H2. The summed E-state index contributed by atoms with van der Waals surface area (Å²) < 4.78 is 10.6. The van der Waals surface area contributed by atoms with Crippen molar-refractivity contribution in [3.05, 3.63) is 60.4 Å². The predicted molar refractivity (Wildman–Crippen MR) is 90.2 cm³/mol. The number of hydrogen-bond acceptors (Lipinski definition) is 6. The molecule has 0 saturated carbocycles. The summed E-state index contributed by atoms with van der Waals surface area (Å²) in [5.74, 6) is 0.0560. The second-order valence-electron chi connectivity index (χ2n) is 5.84. The molecule has 2 amide bonds. The smallest absolute Gasteiger partial charge is 0.311 e. The zero-order valence-electron chi connectivity index (χ0n) is 13.9. The molecule has 2 aromatic heterocycles. The van der Waals surface area contributed by atoms with E-state index >= 15 is 0 Å². The van der Waals surface area contributed by atoms with Gasteiger partial charge in [-0.25, -0.2) is 0 Å². The quantitative estimate of drug-likeness (QED) is 0.715. The van der Waals surface area contributed by atoms with Crippen LogP contribution in [0.2, 0.25) is 0 Å². The molecule has 8 nitrogen and oxygen atoms in total. The van der Waals surface area contributed by atoms with Crippen LogP contribution in [0.4, 0.5) is 0 Å². The molecule has 0 radical (unpaired) electrons. The van der Waals surface area contributed by atoms with Gasteiger partial charge < -0.3 is 18.6 Å². The van der Waals surface area contributed by atoms with Crippen molar-refractivity contribution >= 4 is 11.8 Å². The van der Waals surface area contributed by atoms with Gasteiger partial charge in [0.25, 0.3) is 5.91 Å².